The van der Waals surface area contributed by atoms with E-state index in [1.54, 1.807) is 55.3 Å². The molecule has 5 aromatic heterocycles. The number of aromatic nitrogens is 7. The number of amides is 2. The summed E-state index contributed by atoms with van der Waals surface area (Å²) in [7, 11) is 5.20. The van der Waals surface area contributed by atoms with E-state index in [0.29, 0.717) is 66.0 Å². The van der Waals surface area contributed by atoms with E-state index in [9.17, 15) is 18.4 Å². The summed E-state index contributed by atoms with van der Waals surface area (Å²) in [6.45, 7) is 4.98. The Morgan fingerprint density at radius 2 is 1.57 bits per heavy atom. The molecule has 9 heterocycles. The topological polar surface area (TPSA) is 243 Å². The maximum Gasteiger partial charge on any atom is 0.326 e. The number of nitrogens with one attached hydrogen (secondary N) is 3. The van der Waals surface area contributed by atoms with E-state index in [1.165, 1.54) is 43.8 Å². The summed E-state index contributed by atoms with van der Waals surface area (Å²) in [5.74, 6) is 1.59. The van der Waals surface area contributed by atoms with E-state index < -0.39 is 0 Å². The Balaban J connectivity index is -0.000000117. The van der Waals surface area contributed by atoms with Crippen molar-refractivity contribution < 1.29 is 90.6 Å². The van der Waals surface area contributed by atoms with Gasteiger partial charge in [0, 0.05) is 137 Å². The highest BCUT2D eigenvalue weighted by atomic mass is 35.5. The Bertz CT molecular complexity index is 3530. The van der Waals surface area contributed by atoms with Crippen LogP contribution in [0.3, 0.4) is 0 Å². The number of aromatic amines is 1. The molecule has 2 saturated carbocycles. The van der Waals surface area contributed by atoms with Crippen molar-refractivity contribution in [1.29, 1.82) is 0 Å². The molecule has 75 heavy (non-hydrogen) atoms. The SMILES string of the molecule is C.CCc1cc(F)cc2c1[nH]c1nc(Oc3cnc4c(c3)C(=O)N(C)C4)nc(N3C[C@H]4CC3C[C@H]4N)c12.CN1Cc2ncc(O)cc2C1=O.CNc1cc(F)cc2c1Cc1nc(Cl)nc(Cl)c1-2.N[C@@H]1C[C@H]2CC1CN2.[2H][2H].[2H][2H].[2H][2H].[2H][2H].[2H][2H].[2H][2H].[2H][2H].[2H][2H].[2H][2H].[2H][2H].[2H][2H].[2H][2H].[2H][2H].[2H][2H].[2H][2H].[2H][2H].[2H][2H].[2H][2H].[2H][2H].[2H][2H].[2H][2H]. The van der Waals surface area contributed by atoms with Crippen LogP contribution in [0.1, 0.15) is 151 Å². The van der Waals surface area contributed by atoms with Gasteiger partial charge in [-0.1, -0.05) is 26.0 Å². The maximum absolute atomic E-state index is 14.6. The van der Waals surface area contributed by atoms with Crippen LogP contribution in [0.4, 0.5) is 20.3 Å². The van der Waals surface area contributed by atoms with Crippen molar-refractivity contribution in [2.75, 3.05) is 44.4 Å². The molecule has 0 spiro atoms. The fourth-order valence-electron chi connectivity index (χ4n) is 11.6. The zero-order chi connectivity index (χ0) is 93.9. The average Bonchev–Trinajstić information content (AvgIpc) is 1.58. The lowest BCUT2D eigenvalue weighted by Crippen LogP contribution is -2.41. The van der Waals surface area contributed by atoms with Gasteiger partial charge in [0.2, 0.25) is 5.28 Å². The number of carbonyl (C=O) groups is 2. The minimum Gasteiger partial charge on any atom is -0.506 e. The second-order valence-corrected chi connectivity index (χ2v) is 20.7. The maximum atomic E-state index is 14.6. The molecule has 8 N–H and O–H groups in total. The number of nitrogens with two attached hydrogens (primary N) is 2. The number of halogens is 4. The van der Waals surface area contributed by atoms with Gasteiger partial charge in [0.15, 0.2) is 0 Å². The Morgan fingerprint density at radius 3 is 2.20 bits per heavy atom. The quantitative estimate of drug-likeness (QED) is 0.0693. The van der Waals surface area contributed by atoms with Crippen LogP contribution in [0.5, 0.6) is 17.5 Å². The van der Waals surface area contributed by atoms with Gasteiger partial charge in [-0.2, -0.15) is 9.97 Å². The Hall–Kier alpha value is -6.84. The molecule has 4 fully saturated rings. The van der Waals surface area contributed by atoms with E-state index in [4.69, 9.17) is 112 Å². The van der Waals surface area contributed by atoms with Crippen molar-refractivity contribution in [3.63, 3.8) is 0 Å². The normalized spacial score (nSPS) is 24.2. The van der Waals surface area contributed by atoms with Crippen molar-refractivity contribution in [3.05, 3.63) is 110 Å². The summed E-state index contributed by atoms with van der Waals surface area (Å²) in [6, 6.07) is 11.1. The van der Waals surface area contributed by atoms with Crippen molar-refractivity contribution in [1.82, 2.24) is 50.0 Å². The minimum atomic E-state index is -0.322. The molecular formula is C53H100Cl2F2N14O4. The Kier molecular flexibility index (Phi) is 8.66. The summed E-state index contributed by atoms with van der Waals surface area (Å²) in [6.07, 6.45) is 8.66. The number of hydrogen-bond acceptors (Lipinski definition) is 15. The van der Waals surface area contributed by atoms with E-state index in [2.05, 4.69) is 45.4 Å². The van der Waals surface area contributed by atoms with Crippen LogP contribution in [0.15, 0.2) is 48.8 Å². The van der Waals surface area contributed by atoms with Gasteiger partial charge in [-0.25, -0.2) is 18.7 Å². The number of rotatable bonds is 5. The fourth-order valence-corrected chi connectivity index (χ4v) is 12.1. The monoisotopic (exact) mass is 1150 g/mol. The van der Waals surface area contributed by atoms with Gasteiger partial charge >= 0.3 is 6.01 Å². The third kappa shape index (κ3) is 9.62. The zero-order valence-electron chi connectivity index (χ0n) is 83.0. The smallest absolute Gasteiger partial charge is 0.326 e. The number of hydrogen-bond donors (Lipinski definition) is 6. The molecule has 7 aromatic rings. The van der Waals surface area contributed by atoms with Crippen LogP contribution < -0.4 is 31.7 Å². The molecular weight excluding hydrogens is 1010 g/mol. The van der Waals surface area contributed by atoms with Crippen LogP contribution in [0, 0.1) is 23.5 Å². The number of carbonyl (C=O) groups excluding carboxylic acids is 2. The second-order valence-electron chi connectivity index (χ2n) is 20.0. The lowest BCUT2D eigenvalue weighted by atomic mass is 10.0. The molecule has 2 aromatic carbocycles. The van der Waals surface area contributed by atoms with E-state index in [1.807, 2.05) is 6.92 Å². The van der Waals surface area contributed by atoms with E-state index in [0.717, 1.165) is 92.9 Å². The second kappa shape index (κ2) is 20.4. The molecule has 14 rings (SSSR count). The average molecular weight is 1150 g/mol. The van der Waals surface area contributed by atoms with Gasteiger partial charge in [0.1, 0.15) is 39.8 Å². The number of aromatic hydroxyl groups is 1. The van der Waals surface area contributed by atoms with Crippen LogP contribution in [0.25, 0.3) is 33.1 Å². The van der Waals surface area contributed by atoms with Crippen LogP contribution >= 0.6 is 23.2 Å². The first-order valence-corrected chi connectivity index (χ1v) is 25.4. The fraction of sp³-hybridized carbons (Fsp3) is 0.396. The standard InChI is InChI=1S/C26H26FN7O2.C12H8Cl2FN3.C8H8N2O2.C6H12N2.CH4.21H2/c1-3-12-4-14(27)6-18-21-23(30-22(12)18)31-26(32-24(21)34-10-13-5-15(34)7-19(13)28)36-16-8-17-20(29-9-16)11-33(2)25(17)35;1-16-8-3-5(15)2-7-6(8)4-9-10(7)11(13)18-12(14)17-9;1-10-4-7-6(8(10)12)2-5(11)3-9-7;7-6-2-5-1-4(6)3-8-5;;;;;;;;;;;;;;;;;;;;;;/h4,6,8-9,13,15,19H,3,5,7,10-11,28H2,1-2H3,(H,30,31,32);2-3,16H,4H2,1H3;2-3,11H,4H2,1H3;4-6,8H,1-3,7H2;1H4;21*1H/t13-,15?,19-;;;4?,5-,6-;;;;;;;;;;;;;;;;;;;;;;/m1..1....................../s1/i;;;;;21*1+1D. The molecule has 4 aliphatic heterocycles. The molecule has 4 bridgehead atoms. The largest absolute Gasteiger partial charge is 0.506 e. The van der Waals surface area contributed by atoms with Gasteiger partial charge in [0.05, 0.1) is 64.6 Å². The third-order valence-electron chi connectivity index (χ3n) is 15.3. The lowest BCUT2D eigenvalue weighted by Gasteiger charge is -2.31. The Morgan fingerprint density at radius 1 is 0.867 bits per heavy atom. The summed E-state index contributed by atoms with van der Waals surface area (Å²) in [5.41, 5.74) is 20.8. The number of fused-ring (bicyclic) bond motifs is 12. The van der Waals surface area contributed by atoms with Crippen LogP contribution in [-0.4, -0.2) is 120 Å². The lowest BCUT2D eigenvalue weighted by molar-refractivity contribution is 0.0809. The van der Waals surface area contributed by atoms with Gasteiger partial charge in [-0.15, -0.1) is 0 Å². The predicted octanol–water partition coefficient (Wildman–Crippen LogP) is 12.9. The van der Waals surface area contributed by atoms with Crippen molar-refractivity contribution in [2.45, 2.75) is 90.1 Å². The summed E-state index contributed by atoms with van der Waals surface area (Å²) >= 11 is 11.9. The number of piperidine rings is 2. The van der Waals surface area contributed by atoms with Gasteiger partial charge < -0.3 is 51.6 Å². The molecule has 434 valence electrons. The Labute approximate surface area is 506 Å². The number of benzene rings is 2. The first-order valence-electron chi connectivity index (χ1n) is 45.6. The highest BCUT2D eigenvalue weighted by molar-refractivity contribution is 6.34. The molecule has 2 unspecified atom stereocenters. The number of nitrogens with zero attached hydrogens (tertiary/aromatic N) is 9. The number of pyridine rings is 2. The third-order valence-corrected chi connectivity index (χ3v) is 15.7. The summed E-state index contributed by atoms with van der Waals surface area (Å²) in [5, 5.41) is 17.4. The first kappa shape index (κ1) is 31.9. The molecule has 3 aliphatic carbocycles. The number of H-pyrrole nitrogens is 1. The van der Waals surface area contributed by atoms with Gasteiger partial charge in [-0.05, 0) is 115 Å². The van der Waals surface area contributed by atoms with Crippen LogP contribution in [-0.2, 0) is 25.9 Å². The zero-order valence-corrected chi connectivity index (χ0v) is 42.5. The summed E-state index contributed by atoms with van der Waals surface area (Å²) in [4.78, 5) is 58.5. The molecule has 6 atom stereocenters. The number of anilines is 2. The summed E-state index contributed by atoms with van der Waals surface area (Å²) < 4.78 is 244. The number of ether oxygens (including phenoxy) is 1. The minimum absolute atomic E-state index is 0. The molecule has 7 aliphatic rings. The van der Waals surface area contributed by atoms with E-state index in [-0.39, 0.29) is 65.2 Å². The molecule has 22 heteroatoms. The van der Waals surface area contributed by atoms with Crippen molar-refractivity contribution in [2.24, 2.45) is 23.3 Å². The molecule has 0 radical (unpaired) electrons. The number of aryl methyl sites for hydroxylation is 1. The van der Waals surface area contributed by atoms with Crippen LogP contribution in [0.2, 0.25) is 10.4 Å². The molecule has 2 amide bonds. The van der Waals surface area contributed by atoms with Gasteiger partial charge in [0.25, 0.3) is 11.8 Å². The first-order chi connectivity index (χ1) is 56.5. The highest BCUT2D eigenvalue weighted by Crippen LogP contribution is 2.45. The molecule has 18 nitrogen and oxygen atoms in total. The highest BCUT2D eigenvalue weighted by Gasteiger charge is 2.45. The van der Waals surface area contributed by atoms with Crippen molar-refractivity contribution in [3.8, 4) is 28.6 Å². The van der Waals surface area contributed by atoms with E-state index >= 15 is 0 Å². The van der Waals surface area contributed by atoms with Gasteiger partial charge in [-0.3, -0.25) is 19.6 Å². The predicted molar refractivity (Wildman–Crippen MR) is 328 cm³/mol. The molecule has 2 saturated heterocycles. The van der Waals surface area contributed by atoms with Crippen molar-refractivity contribution >= 4 is 68.5 Å².